The Morgan fingerprint density at radius 3 is 2.65 bits per heavy atom. The van der Waals surface area contributed by atoms with Gasteiger partial charge in [0, 0.05) is 18.1 Å². The number of aromatic nitrogens is 4. The molecule has 0 aliphatic carbocycles. The lowest BCUT2D eigenvalue weighted by Gasteiger charge is -2.05. The minimum Gasteiger partial charge on any atom is -0.287 e. The number of rotatable bonds is 4. The lowest BCUT2D eigenvalue weighted by atomic mass is 10.3. The van der Waals surface area contributed by atoms with Crippen molar-refractivity contribution >= 4 is 11.8 Å². The first kappa shape index (κ1) is 12.1. The summed E-state index contributed by atoms with van der Waals surface area (Å²) in [5.41, 5.74) is 0. The van der Waals surface area contributed by atoms with Crippen LogP contribution in [0.5, 0.6) is 0 Å². The number of aryl methyl sites for hydroxylation is 1. The zero-order valence-corrected chi connectivity index (χ0v) is 11.1. The standard InChI is InChI=1S/C12H16N4S/c1-9(2)8-17-12-5-4-11(14-15-12)16-7-6-13-10(16)3/h4-7,9H,8H2,1-3H3. The highest BCUT2D eigenvalue weighted by Crippen LogP contribution is 2.18. The van der Waals surface area contributed by atoms with E-state index in [9.17, 15) is 0 Å². The lowest BCUT2D eigenvalue weighted by Crippen LogP contribution is -2.01. The molecule has 0 aromatic carbocycles. The molecule has 0 N–H and O–H groups in total. The van der Waals surface area contributed by atoms with Crippen molar-refractivity contribution in [3.8, 4) is 5.82 Å². The highest BCUT2D eigenvalue weighted by Gasteiger charge is 2.04. The van der Waals surface area contributed by atoms with Gasteiger partial charge in [0.2, 0.25) is 0 Å². The van der Waals surface area contributed by atoms with Gasteiger partial charge >= 0.3 is 0 Å². The molecule has 4 nitrogen and oxygen atoms in total. The first-order valence-electron chi connectivity index (χ1n) is 5.63. The van der Waals surface area contributed by atoms with E-state index in [4.69, 9.17) is 0 Å². The van der Waals surface area contributed by atoms with Crippen molar-refractivity contribution in [2.45, 2.75) is 25.8 Å². The molecule has 17 heavy (non-hydrogen) atoms. The highest BCUT2D eigenvalue weighted by molar-refractivity contribution is 7.99. The van der Waals surface area contributed by atoms with E-state index in [1.54, 1.807) is 18.0 Å². The lowest BCUT2D eigenvalue weighted by molar-refractivity contribution is 0.748. The second-order valence-corrected chi connectivity index (χ2v) is 5.32. The fraction of sp³-hybridized carbons (Fsp3) is 0.417. The second kappa shape index (κ2) is 5.31. The van der Waals surface area contributed by atoms with Gasteiger partial charge in [-0.2, -0.15) is 0 Å². The van der Waals surface area contributed by atoms with Gasteiger partial charge in [-0.05, 0) is 25.0 Å². The Morgan fingerprint density at radius 2 is 2.12 bits per heavy atom. The second-order valence-electron chi connectivity index (χ2n) is 4.28. The molecule has 2 heterocycles. The van der Waals surface area contributed by atoms with Gasteiger partial charge in [-0.15, -0.1) is 22.0 Å². The predicted octanol–water partition coefficient (Wildman–Crippen LogP) is 2.72. The van der Waals surface area contributed by atoms with Crippen LogP contribution in [-0.2, 0) is 0 Å². The van der Waals surface area contributed by atoms with E-state index < -0.39 is 0 Å². The summed E-state index contributed by atoms with van der Waals surface area (Å²) in [6.45, 7) is 6.34. The molecule has 0 saturated carbocycles. The minimum absolute atomic E-state index is 0.664. The first-order chi connectivity index (χ1) is 8.16. The summed E-state index contributed by atoms with van der Waals surface area (Å²) >= 11 is 1.74. The molecule has 0 atom stereocenters. The molecule has 2 aromatic rings. The molecule has 2 rings (SSSR count). The fourth-order valence-electron chi connectivity index (χ4n) is 1.39. The summed E-state index contributed by atoms with van der Waals surface area (Å²) in [6.07, 6.45) is 3.65. The Balaban J connectivity index is 2.11. The van der Waals surface area contributed by atoms with Crippen molar-refractivity contribution in [1.29, 1.82) is 0 Å². The van der Waals surface area contributed by atoms with Gasteiger partial charge in [0.25, 0.3) is 0 Å². The van der Waals surface area contributed by atoms with Crippen molar-refractivity contribution < 1.29 is 0 Å². The van der Waals surface area contributed by atoms with E-state index in [1.807, 2.05) is 29.8 Å². The van der Waals surface area contributed by atoms with Crippen LogP contribution in [0.15, 0.2) is 29.6 Å². The fourth-order valence-corrected chi connectivity index (χ4v) is 2.16. The van der Waals surface area contributed by atoms with Gasteiger partial charge < -0.3 is 0 Å². The first-order valence-corrected chi connectivity index (χ1v) is 6.62. The average Bonchev–Trinajstić information content (AvgIpc) is 2.73. The normalized spacial score (nSPS) is 11.1. The summed E-state index contributed by atoms with van der Waals surface area (Å²) in [5, 5.41) is 9.40. The van der Waals surface area contributed by atoms with Crippen molar-refractivity contribution in [1.82, 2.24) is 19.7 Å². The quantitative estimate of drug-likeness (QED) is 0.780. The molecule has 0 fully saturated rings. The highest BCUT2D eigenvalue weighted by atomic mass is 32.2. The number of hydrogen-bond donors (Lipinski definition) is 0. The van der Waals surface area contributed by atoms with Gasteiger partial charge in [-0.1, -0.05) is 13.8 Å². The van der Waals surface area contributed by atoms with E-state index in [0.717, 1.165) is 22.4 Å². The molecule has 2 aromatic heterocycles. The molecule has 0 saturated heterocycles. The van der Waals surface area contributed by atoms with Crippen LogP contribution in [0.4, 0.5) is 0 Å². The molecule has 0 bridgehead atoms. The van der Waals surface area contributed by atoms with E-state index >= 15 is 0 Å². The minimum atomic E-state index is 0.664. The molecule has 0 radical (unpaired) electrons. The molecule has 5 heteroatoms. The SMILES string of the molecule is Cc1nccn1-c1ccc(SCC(C)C)nn1. The molecular formula is C12H16N4S. The van der Waals surface area contributed by atoms with E-state index in [1.165, 1.54) is 0 Å². The molecule has 0 unspecified atom stereocenters. The topological polar surface area (TPSA) is 43.6 Å². The van der Waals surface area contributed by atoms with Gasteiger partial charge in [0.1, 0.15) is 10.9 Å². The molecule has 0 spiro atoms. The molecule has 0 aliphatic heterocycles. The Kier molecular flexibility index (Phi) is 3.78. The van der Waals surface area contributed by atoms with Gasteiger partial charge in [0.15, 0.2) is 5.82 Å². The average molecular weight is 248 g/mol. The van der Waals surface area contributed by atoms with Crippen LogP contribution in [0.25, 0.3) is 5.82 Å². The summed E-state index contributed by atoms with van der Waals surface area (Å²) in [5.74, 6) is 3.46. The number of thioether (sulfide) groups is 1. The number of nitrogens with zero attached hydrogens (tertiary/aromatic N) is 4. The van der Waals surface area contributed by atoms with Crippen LogP contribution in [0.1, 0.15) is 19.7 Å². The largest absolute Gasteiger partial charge is 0.287 e. The Bertz CT molecular complexity index is 476. The Hall–Kier alpha value is -1.36. The summed E-state index contributed by atoms with van der Waals surface area (Å²) in [7, 11) is 0. The van der Waals surface area contributed by atoms with Crippen LogP contribution in [0.2, 0.25) is 0 Å². The van der Waals surface area contributed by atoms with Gasteiger partial charge in [0.05, 0.1) is 0 Å². The summed E-state index contributed by atoms with van der Waals surface area (Å²) in [6, 6.07) is 3.99. The number of hydrogen-bond acceptors (Lipinski definition) is 4. The third-order valence-electron chi connectivity index (χ3n) is 2.26. The van der Waals surface area contributed by atoms with Crippen molar-refractivity contribution in [3.63, 3.8) is 0 Å². The smallest absolute Gasteiger partial charge is 0.160 e. The summed E-state index contributed by atoms with van der Waals surface area (Å²) < 4.78 is 1.92. The molecule has 0 aliphatic rings. The van der Waals surface area contributed by atoms with Crippen molar-refractivity contribution in [2.24, 2.45) is 5.92 Å². The maximum atomic E-state index is 4.21. The maximum Gasteiger partial charge on any atom is 0.160 e. The van der Waals surface area contributed by atoms with Crippen LogP contribution in [-0.4, -0.2) is 25.5 Å². The maximum absolute atomic E-state index is 4.21. The van der Waals surface area contributed by atoms with E-state index in [2.05, 4.69) is 29.0 Å². The van der Waals surface area contributed by atoms with Crippen LogP contribution < -0.4 is 0 Å². The van der Waals surface area contributed by atoms with Crippen LogP contribution in [0.3, 0.4) is 0 Å². The molecular weight excluding hydrogens is 232 g/mol. The van der Waals surface area contributed by atoms with Crippen LogP contribution >= 0.6 is 11.8 Å². The van der Waals surface area contributed by atoms with E-state index in [-0.39, 0.29) is 0 Å². The molecule has 0 amide bonds. The van der Waals surface area contributed by atoms with Crippen molar-refractivity contribution in [3.05, 3.63) is 30.4 Å². The molecule has 90 valence electrons. The van der Waals surface area contributed by atoms with E-state index in [0.29, 0.717) is 5.92 Å². The zero-order valence-electron chi connectivity index (χ0n) is 10.3. The third kappa shape index (κ3) is 3.06. The van der Waals surface area contributed by atoms with Gasteiger partial charge in [-0.25, -0.2) is 4.98 Å². The Labute approximate surface area is 105 Å². The Morgan fingerprint density at radius 1 is 1.29 bits per heavy atom. The van der Waals surface area contributed by atoms with Gasteiger partial charge in [-0.3, -0.25) is 4.57 Å². The number of imidazole rings is 1. The van der Waals surface area contributed by atoms with Crippen molar-refractivity contribution in [2.75, 3.05) is 5.75 Å². The third-order valence-corrected chi connectivity index (χ3v) is 3.61. The summed E-state index contributed by atoms with van der Waals surface area (Å²) in [4.78, 5) is 4.16. The monoisotopic (exact) mass is 248 g/mol. The zero-order chi connectivity index (χ0) is 12.3. The predicted molar refractivity (Wildman–Crippen MR) is 69.5 cm³/mol. The van der Waals surface area contributed by atoms with Crippen LogP contribution in [0, 0.1) is 12.8 Å².